The van der Waals surface area contributed by atoms with E-state index in [-0.39, 0.29) is 11.8 Å². The highest BCUT2D eigenvalue weighted by atomic mass is 16.2. The fourth-order valence-corrected chi connectivity index (χ4v) is 2.20. The standard InChI is InChI=1S/C6H11N2.C6H11NO.C5H8N2.C4H9NO/c1-3-8-5-4-7(2)6-8;1-2-7-5-3-4-6(7)8;1-2-7-4-3-6-5-7;1-3(2)4(5)6/h4-6H,3H2,1-2H3;2-5H2,1H3;3-5H,2H2,1H3;3H,1-2H3,(H2,5,6)/q+1;;;. The van der Waals surface area contributed by atoms with Crippen LogP contribution < -0.4 is 10.3 Å². The van der Waals surface area contributed by atoms with E-state index >= 15 is 0 Å². The van der Waals surface area contributed by atoms with Crippen LogP contribution in [0.3, 0.4) is 0 Å². The zero-order chi connectivity index (χ0) is 22.2. The van der Waals surface area contributed by atoms with Gasteiger partial charge in [0, 0.05) is 44.4 Å². The lowest BCUT2D eigenvalue weighted by atomic mass is 10.2. The molecule has 0 aliphatic carbocycles. The average Bonchev–Trinajstić information content (AvgIpc) is 3.45. The summed E-state index contributed by atoms with van der Waals surface area (Å²) in [6, 6.07) is 0. The lowest BCUT2D eigenvalue weighted by Crippen LogP contribution is -2.23. The molecule has 2 amide bonds. The van der Waals surface area contributed by atoms with Gasteiger partial charge in [0.2, 0.25) is 18.1 Å². The lowest BCUT2D eigenvalue weighted by Gasteiger charge is -2.10. The number of carbonyl (C=O) groups excluding carboxylic acids is 2. The van der Waals surface area contributed by atoms with Crippen molar-refractivity contribution in [2.75, 3.05) is 13.1 Å². The van der Waals surface area contributed by atoms with Crippen molar-refractivity contribution in [1.29, 1.82) is 0 Å². The topological polar surface area (TPSA) is 90.0 Å². The first kappa shape index (κ1) is 26.4. The number of imidazole rings is 2. The Morgan fingerprint density at radius 2 is 1.79 bits per heavy atom. The van der Waals surface area contributed by atoms with Crippen molar-refractivity contribution in [2.24, 2.45) is 18.7 Å². The van der Waals surface area contributed by atoms with E-state index in [1.165, 1.54) is 0 Å². The number of amides is 2. The minimum absolute atomic E-state index is 0.00926. The first-order chi connectivity index (χ1) is 13.7. The van der Waals surface area contributed by atoms with Gasteiger partial charge in [-0.25, -0.2) is 14.1 Å². The Kier molecular flexibility index (Phi) is 13.9. The summed E-state index contributed by atoms with van der Waals surface area (Å²) < 4.78 is 6.17. The van der Waals surface area contributed by atoms with Crippen LogP contribution in [0.1, 0.15) is 47.5 Å². The van der Waals surface area contributed by atoms with Gasteiger partial charge in [-0.05, 0) is 27.2 Å². The second-order valence-electron chi connectivity index (χ2n) is 6.94. The van der Waals surface area contributed by atoms with Gasteiger partial charge in [0.15, 0.2) is 0 Å². The Morgan fingerprint density at radius 3 is 2.00 bits per heavy atom. The molecule has 1 aliphatic heterocycles. The zero-order valence-electron chi connectivity index (χ0n) is 18.9. The molecule has 1 saturated heterocycles. The van der Waals surface area contributed by atoms with E-state index in [0.29, 0.717) is 5.91 Å². The Balaban J connectivity index is 0.000000363. The number of nitrogens with zero attached hydrogens (tertiary/aromatic N) is 5. The average molecular weight is 408 g/mol. The number of carbonyl (C=O) groups is 2. The maximum absolute atomic E-state index is 10.7. The summed E-state index contributed by atoms with van der Waals surface area (Å²) in [6.07, 6.45) is 13.5. The smallest absolute Gasteiger partial charge is 0.243 e. The summed E-state index contributed by atoms with van der Waals surface area (Å²) in [6.45, 7) is 13.7. The van der Waals surface area contributed by atoms with E-state index in [1.54, 1.807) is 26.4 Å². The maximum atomic E-state index is 10.7. The Bertz CT molecular complexity index is 679. The van der Waals surface area contributed by atoms with E-state index < -0.39 is 0 Å². The molecule has 3 heterocycles. The first-order valence-corrected chi connectivity index (χ1v) is 10.3. The van der Waals surface area contributed by atoms with Crippen LogP contribution in [-0.4, -0.2) is 43.9 Å². The van der Waals surface area contributed by atoms with Gasteiger partial charge in [0.05, 0.1) is 19.9 Å². The molecule has 1 aliphatic rings. The fraction of sp³-hybridized carbons (Fsp3) is 0.619. The van der Waals surface area contributed by atoms with Crippen molar-refractivity contribution in [2.45, 2.75) is 60.5 Å². The number of aromatic nitrogens is 4. The summed E-state index contributed by atoms with van der Waals surface area (Å²) in [4.78, 5) is 26.4. The van der Waals surface area contributed by atoms with Crippen LogP contribution in [0.5, 0.6) is 0 Å². The van der Waals surface area contributed by atoms with Crippen LogP contribution in [0.25, 0.3) is 0 Å². The second-order valence-corrected chi connectivity index (χ2v) is 6.94. The molecule has 2 aromatic rings. The Labute approximate surface area is 175 Å². The molecule has 0 unspecified atom stereocenters. The molecular formula is C21H39N6O2+. The van der Waals surface area contributed by atoms with Crippen molar-refractivity contribution in [3.05, 3.63) is 37.4 Å². The van der Waals surface area contributed by atoms with Gasteiger partial charge < -0.3 is 15.2 Å². The molecule has 8 nitrogen and oxygen atoms in total. The monoisotopic (exact) mass is 407 g/mol. The third-order valence-electron chi connectivity index (χ3n) is 4.24. The summed E-state index contributed by atoms with van der Waals surface area (Å²) in [5.74, 6) is 0.0764. The highest BCUT2D eigenvalue weighted by Crippen LogP contribution is 2.07. The lowest BCUT2D eigenvalue weighted by molar-refractivity contribution is -0.671. The predicted octanol–water partition coefficient (Wildman–Crippen LogP) is 1.99. The zero-order valence-corrected chi connectivity index (χ0v) is 18.9. The molecule has 0 bridgehead atoms. The molecular weight excluding hydrogens is 368 g/mol. The summed E-state index contributed by atoms with van der Waals surface area (Å²) in [5, 5.41) is 0. The molecule has 0 atom stereocenters. The number of hydrogen-bond acceptors (Lipinski definition) is 3. The molecule has 2 N–H and O–H groups in total. The maximum Gasteiger partial charge on any atom is 0.243 e. The van der Waals surface area contributed by atoms with Crippen LogP contribution in [0, 0.1) is 5.92 Å². The number of primary amides is 1. The molecule has 29 heavy (non-hydrogen) atoms. The Hall–Kier alpha value is -2.64. The predicted molar refractivity (Wildman–Crippen MR) is 115 cm³/mol. The van der Waals surface area contributed by atoms with Gasteiger partial charge in [-0.1, -0.05) is 13.8 Å². The third-order valence-corrected chi connectivity index (χ3v) is 4.24. The number of hydrogen-bond donors (Lipinski definition) is 1. The summed E-state index contributed by atoms with van der Waals surface area (Å²) >= 11 is 0. The third kappa shape index (κ3) is 12.4. The Morgan fingerprint density at radius 1 is 1.17 bits per heavy atom. The van der Waals surface area contributed by atoms with Gasteiger partial charge in [-0.2, -0.15) is 0 Å². The molecule has 1 fully saturated rings. The number of nitrogens with two attached hydrogens (primary N) is 1. The van der Waals surface area contributed by atoms with E-state index in [4.69, 9.17) is 5.73 Å². The van der Waals surface area contributed by atoms with Crippen molar-refractivity contribution < 1.29 is 14.2 Å². The summed E-state index contributed by atoms with van der Waals surface area (Å²) in [7, 11) is 2.02. The van der Waals surface area contributed by atoms with Crippen LogP contribution in [0.4, 0.5) is 0 Å². The normalized spacial score (nSPS) is 12.4. The highest BCUT2D eigenvalue weighted by Gasteiger charge is 2.16. The molecule has 0 spiro atoms. The van der Waals surface area contributed by atoms with E-state index in [9.17, 15) is 9.59 Å². The quantitative estimate of drug-likeness (QED) is 0.786. The van der Waals surface area contributed by atoms with Gasteiger partial charge >= 0.3 is 0 Å². The van der Waals surface area contributed by atoms with Crippen LogP contribution >= 0.6 is 0 Å². The van der Waals surface area contributed by atoms with Gasteiger partial charge in [-0.3, -0.25) is 9.59 Å². The number of likely N-dealkylation sites (tertiary alicyclic amines) is 1. The van der Waals surface area contributed by atoms with Crippen molar-refractivity contribution >= 4 is 11.8 Å². The van der Waals surface area contributed by atoms with E-state index in [0.717, 1.165) is 39.0 Å². The largest absolute Gasteiger partial charge is 0.369 e. The highest BCUT2D eigenvalue weighted by molar-refractivity contribution is 5.77. The van der Waals surface area contributed by atoms with Crippen molar-refractivity contribution in [1.82, 2.24) is 19.0 Å². The van der Waals surface area contributed by atoms with Gasteiger partial charge in [-0.15, -0.1) is 0 Å². The van der Waals surface area contributed by atoms with E-state index in [2.05, 4.69) is 35.9 Å². The number of rotatable bonds is 4. The SMILES string of the molecule is CC(C)C(N)=O.CCN1CCCC1=O.CCn1cc[n+](C)c1.CCn1ccnc1. The molecule has 2 aromatic heterocycles. The molecule has 0 radical (unpaired) electrons. The van der Waals surface area contributed by atoms with Crippen molar-refractivity contribution in [3.8, 4) is 0 Å². The molecule has 0 aromatic carbocycles. The van der Waals surface area contributed by atoms with Crippen LogP contribution in [0.2, 0.25) is 0 Å². The van der Waals surface area contributed by atoms with Crippen LogP contribution in [0.15, 0.2) is 37.4 Å². The molecule has 3 rings (SSSR count). The number of aryl methyl sites for hydroxylation is 3. The van der Waals surface area contributed by atoms with Crippen molar-refractivity contribution in [3.63, 3.8) is 0 Å². The van der Waals surface area contributed by atoms with E-state index in [1.807, 2.05) is 40.4 Å². The molecule has 8 heteroatoms. The molecule has 0 saturated carbocycles. The molecule has 164 valence electrons. The van der Waals surface area contributed by atoms with Crippen LogP contribution in [-0.2, 0) is 29.7 Å². The minimum Gasteiger partial charge on any atom is -0.369 e. The fourth-order valence-electron chi connectivity index (χ4n) is 2.20. The first-order valence-electron chi connectivity index (χ1n) is 10.3. The second kappa shape index (κ2) is 15.3. The van der Waals surface area contributed by atoms with Gasteiger partial charge in [0.25, 0.3) is 0 Å². The minimum atomic E-state index is -0.241. The summed E-state index contributed by atoms with van der Waals surface area (Å²) in [5.41, 5.74) is 4.80. The van der Waals surface area contributed by atoms with Gasteiger partial charge in [0.1, 0.15) is 12.4 Å².